The van der Waals surface area contributed by atoms with Crippen LogP contribution >= 0.6 is 0 Å². The predicted molar refractivity (Wildman–Crippen MR) is 71.5 cm³/mol. The van der Waals surface area contributed by atoms with E-state index in [0.29, 0.717) is 18.5 Å². The van der Waals surface area contributed by atoms with E-state index in [9.17, 15) is 9.59 Å². The van der Waals surface area contributed by atoms with Crippen LogP contribution < -0.4 is 5.32 Å². The molecule has 0 saturated heterocycles. The molecule has 1 aromatic carbocycles. The van der Waals surface area contributed by atoms with Crippen molar-refractivity contribution in [2.24, 2.45) is 0 Å². The van der Waals surface area contributed by atoms with Gasteiger partial charge in [-0.1, -0.05) is 12.1 Å². The number of carbonyl (C=O) groups is 2. The Hall–Kier alpha value is -2.14. The first kappa shape index (κ1) is 14.9. The zero-order valence-electron chi connectivity index (χ0n) is 10.8. The lowest BCUT2D eigenvalue weighted by Crippen LogP contribution is -2.22. The second-order valence-corrected chi connectivity index (χ2v) is 3.82. The summed E-state index contributed by atoms with van der Waals surface area (Å²) in [4.78, 5) is 22.6. The molecule has 19 heavy (non-hydrogen) atoms. The minimum Gasteiger partial charge on any atom is -0.465 e. The SMILES string of the molecule is COC(=O)c1ccc(/C=C/C(=O)NCCCO)cc1. The van der Waals surface area contributed by atoms with Crippen LogP contribution in [-0.2, 0) is 9.53 Å². The van der Waals surface area contributed by atoms with Gasteiger partial charge in [0.25, 0.3) is 0 Å². The Morgan fingerprint density at radius 2 is 2.00 bits per heavy atom. The summed E-state index contributed by atoms with van der Waals surface area (Å²) in [5, 5.41) is 11.2. The maximum absolute atomic E-state index is 11.4. The van der Waals surface area contributed by atoms with Crippen molar-refractivity contribution in [2.45, 2.75) is 6.42 Å². The molecule has 0 saturated carbocycles. The van der Waals surface area contributed by atoms with Gasteiger partial charge in [-0.25, -0.2) is 4.79 Å². The van der Waals surface area contributed by atoms with Gasteiger partial charge in [0.1, 0.15) is 0 Å². The number of rotatable bonds is 6. The number of benzene rings is 1. The number of aliphatic hydroxyl groups excluding tert-OH is 1. The van der Waals surface area contributed by atoms with Gasteiger partial charge >= 0.3 is 5.97 Å². The average molecular weight is 263 g/mol. The molecular weight excluding hydrogens is 246 g/mol. The monoisotopic (exact) mass is 263 g/mol. The van der Waals surface area contributed by atoms with Gasteiger partial charge in [-0.05, 0) is 30.2 Å². The molecule has 5 nitrogen and oxygen atoms in total. The highest BCUT2D eigenvalue weighted by molar-refractivity contribution is 5.92. The normalized spacial score (nSPS) is 10.4. The van der Waals surface area contributed by atoms with E-state index in [1.165, 1.54) is 13.2 Å². The van der Waals surface area contributed by atoms with Gasteiger partial charge in [0.2, 0.25) is 5.91 Å². The van der Waals surface area contributed by atoms with Gasteiger partial charge in [-0.3, -0.25) is 4.79 Å². The van der Waals surface area contributed by atoms with Gasteiger partial charge in [0.05, 0.1) is 12.7 Å². The van der Waals surface area contributed by atoms with Crippen molar-refractivity contribution in [3.63, 3.8) is 0 Å². The Morgan fingerprint density at radius 3 is 2.58 bits per heavy atom. The first-order valence-electron chi connectivity index (χ1n) is 5.92. The summed E-state index contributed by atoms with van der Waals surface area (Å²) in [5.41, 5.74) is 1.28. The first-order valence-corrected chi connectivity index (χ1v) is 5.92. The third kappa shape index (κ3) is 5.35. The molecule has 102 valence electrons. The van der Waals surface area contributed by atoms with E-state index in [0.717, 1.165) is 5.56 Å². The molecule has 5 heteroatoms. The molecule has 1 rings (SSSR count). The van der Waals surface area contributed by atoms with Gasteiger partial charge in [-0.15, -0.1) is 0 Å². The Labute approximate surface area is 111 Å². The van der Waals surface area contributed by atoms with Crippen molar-refractivity contribution < 1.29 is 19.4 Å². The van der Waals surface area contributed by atoms with Gasteiger partial charge in [0.15, 0.2) is 0 Å². The lowest BCUT2D eigenvalue weighted by atomic mass is 10.1. The Morgan fingerprint density at radius 1 is 1.32 bits per heavy atom. The number of hydrogen-bond donors (Lipinski definition) is 2. The van der Waals surface area contributed by atoms with E-state index in [1.54, 1.807) is 30.3 Å². The number of aliphatic hydroxyl groups is 1. The summed E-state index contributed by atoms with van der Waals surface area (Å²) in [6.07, 6.45) is 3.59. The van der Waals surface area contributed by atoms with Crippen molar-refractivity contribution in [1.29, 1.82) is 0 Å². The molecule has 0 heterocycles. The lowest BCUT2D eigenvalue weighted by molar-refractivity contribution is -0.116. The zero-order valence-corrected chi connectivity index (χ0v) is 10.8. The van der Waals surface area contributed by atoms with Gasteiger partial charge in [-0.2, -0.15) is 0 Å². The topological polar surface area (TPSA) is 75.6 Å². The summed E-state index contributed by atoms with van der Waals surface area (Å²) >= 11 is 0. The maximum Gasteiger partial charge on any atom is 0.337 e. The summed E-state index contributed by atoms with van der Waals surface area (Å²) in [5.74, 6) is -0.609. The third-order valence-electron chi connectivity index (χ3n) is 2.39. The smallest absolute Gasteiger partial charge is 0.337 e. The molecule has 0 atom stereocenters. The highest BCUT2D eigenvalue weighted by Crippen LogP contribution is 2.07. The van der Waals surface area contributed by atoms with Crippen LogP contribution in [0.15, 0.2) is 30.3 Å². The van der Waals surface area contributed by atoms with Gasteiger partial charge < -0.3 is 15.2 Å². The number of ether oxygens (including phenoxy) is 1. The molecule has 1 aromatic rings. The highest BCUT2D eigenvalue weighted by Gasteiger charge is 2.03. The van der Waals surface area contributed by atoms with Crippen molar-refractivity contribution in [2.75, 3.05) is 20.3 Å². The molecule has 0 aliphatic carbocycles. The Bertz CT molecular complexity index is 451. The molecule has 2 N–H and O–H groups in total. The number of amides is 1. The predicted octanol–water partition coefficient (Wildman–Crippen LogP) is 0.985. The van der Waals surface area contributed by atoms with E-state index in [1.807, 2.05) is 0 Å². The number of hydrogen-bond acceptors (Lipinski definition) is 4. The van der Waals surface area contributed by atoms with E-state index >= 15 is 0 Å². The fraction of sp³-hybridized carbons (Fsp3) is 0.286. The molecular formula is C14H17NO4. The van der Waals surface area contributed by atoms with Crippen LogP contribution in [0.2, 0.25) is 0 Å². The number of nitrogens with one attached hydrogen (secondary N) is 1. The Kier molecular flexibility index (Phi) is 6.32. The van der Waals surface area contributed by atoms with Crippen LogP contribution in [0.3, 0.4) is 0 Å². The highest BCUT2D eigenvalue weighted by atomic mass is 16.5. The molecule has 0 bridgehead atoms. The second-order valence-electron chi connectivity index (χ2n) is 3.82. The van der Waals surface area contributed by atoms with Crippen molar-refractivity contribution in [1.82, 2.24) is 5.32 Å². The maximum atomic E-state index is 11.4. The number of methoxy groups -OCH3 is 1. The summed E-state index contributed by atoms with van der Waals surface area (Å²) in [6.45, 7) is 0.500. The van der Waals surface area contributed by atoms with Gasteiger partial charge in [0, 0.05) is 19.2 Å². The van der Waals surface area contributed by atoms with Crippen LogP contribution in [0.25, 0.3) is 6.08 Å². The molecule has 0 aliphatic heterocycles. The number of carbonyl (C=O) groups excluding carboxylic acids is 2. The molecule has 0 aliphatic rings. The standard InChI is InChI=1S/C14H17NO4/c1-19-14(18)12-6-3-11(4-7-12)5-8-13(17)15-9-2-10-16/h3-8,16H,2,9-10H2,1H3,(H,15,17)/b8-5+. The van der Waals surface area contributed by atoms with E-state index < -0.39 is 5.97 Å². The van der Waals surface area contributed by atoms with E-state index in [2.05, 4.69) is 10.1 Å². The van der Waals surface area contributed by atoms with Crippen LogP contribution in [0.4, 0.5) is 0 Å². The minimum absolute atomic E-state index is 0.0545. The van der Waals surface area contributed by atoms with E-state index in [4.69, 9.17) is 5.11 Å². The van der Waals surface area contributed by atoms with Crippen molar-refractivity contribution in [3.8, 4) is 0 Å². The fourth-order valence-electron chi connectivity index (χ4n) is 1.37. The largest absolute Gasteiger partial charge is 0.465 e. The average Bonchev–Trinajstić information content (AvgIpc) is 2.45. The number of esters is 1. The minimum atomic E-state index is -0.391. The van der Waals surface area contributed by atoms with E-state index in [-0.39, 0.29) is 12.5 Å². The van der Waals surface area contributed by atoms with Crippen LogP contribution in [0, 0.1) is 0 Å². The van der Waals surface area contributed by atoms with Crippen LogP contribution in [0.1, 0.15) is 22.3 Å². The van der Waals surface area contributed by atoms with Crippen LogP contribution in [-0.4, -0.2) is 37.2 Å². The summed E-state index contributed by atoms with van der Waals surface area (Å²) in [6, 6.07) is 6.72. The molecule has 1 amide bonds. The summed E-state index contributed by atoms with van der Waals surface area (Å²) < 4.78 is 4.59. The molecule has 0 unspecified atom stereocenters. The molecule has 0 fully saturated rings. The molecule has 0 spiro atoms. The van der Waals surface area contributed by atoms with Crippen molar-refractivity contribution in [3.05, 3.63) is 41.5 Å². The zero-order chi connectivity index (χ0) is 14.1. The first-order chi connectivity index (χ1) is 9.17. The van der Waals surface area contributed by atoms with Crippen molar-refractivity contribution >= 4 is 18.0 Å². The third-order valence-corrected chi connectivity index (χ3v) is 2.39. The molecule has 0 radical (unpaired) electrons. The fourth-order valence-corrected chi connectivity index (χ4v) is 1.37. The quantitative estimate of drug-likeness (QED) is 0.456. The molecule has 0 aromatic heterocycles. The lowest BCUT2D eigenvalue weighted by Gasteiger charge is -2.00. The Balaban J connectivity index is 2.53. The summed E-state index contributed by atoms with van der Waals surface area (Å²) in [7, 11) is 1.33. The van der Waals surface area contributed by atoms with Crippen LogP contribution in [0.5, 0.6) is 0 Å². The second kappa shape index (κ2) is 8.05.